The van der Waals surface area contributed by atoms with E-state index in [9.17, 15) is 28.9 Å². The van der Waals surface area contributed by atoms with Gasteiger partial charge in [0.2, 0.25) is 0 Å². The number of carbonyl (C=O) groups is 2. The highest BCUT2D eigenvalue weighted by atomic mass is 31.2. The summed E-state index contributed by atoms with van der Waals surface area (Å²) in [5.74, 6) is -2.12. The van der Waals surface area contributed by atoms with Gasteiger partial charge in [-0.25, -0.2) is 0 Å². The van der Waals surface area contributed by atoms with Crippen LogP contribution in [0.25, 0.3) is 0 Å². The number of aryl methyl sites for hydroxylation is 2. The van der Waals surface area contributed by atoms with E-state index in [1.54, 1.807) is 26.0 Å². The molecule has 1 aliphatic rings. The summed E-state index contributed by atoms with van der Waals surface area (Å²) in [5, 5.41) is 29.5. The Kier molecular flexibility index (Phi) is 12.5. The number of nitrogens with zero attached hydrogens (tertiary/aromatic N) is 2. The maximum atomic E-state index is 12.6. The average molecular weight is 658 g/mol. The number of amides is 2. The molecule has 1 fully saturated rings. The molecule has 1 aliphatic heterocycles. The Labute approximate surface area is 255 Å². The predicted molar refractivity (Wildman–Crippen MR) is 162 cm³/mol. The number of carbonyl (C=O) groups excluding carboxylic acids is 2. The number of hydrogen-bond donors (Lipinski definition) is 9. The first kappa shape index (κ1) is 35.6. The Hall–Kier alpha value is -2.84. The molecule has 0 saturated carbocycles. The molecule has 0 unspecified atom stereocenters. The van der Waals surface area contributed by atoms with Gasteiger partial charge in [-0.15, -0.1) is 0 Å². The molecule has 244 valence electrons. The molecule has 3 rings (SSSR count). The lowest BCUT2D eigenvalue weighted by Gasteiger charge is -2.30. The largest absolute Gasteiger partial charge is 0.507 e. The van der Waals surface area contributed by atoms with Crippen LogP contribution < -0.4 is 16.0 Å². The lowest BCUT2D eigenvalue weighted by Crippen LogP contribution is -2.41. The van der Waals surface area contributed by atoms with Crippen molar-refractivity contribution in [3.63, 3.8) is 0 Å². The predicted octanol–water partition coefficient (Wildman–Crippen LogP) is 0.742. The highest BCUT2D eigenvalue weighted by molar-refractivity contribution is 7.52. The van der Waals surface area contributed by atoms with E-state index in [0.29, 0.717) is 68.1 Å². The van der Waals surface area contributed by atoms with Crippen LogP contribution in [0, 0.1) is 13.8 Å². The third kappa shape index (κ3) is 11.3. The van der Waals surface area contributed by atoms with E-state index in [0.717, 1.165) is 13.0 Å². The summed E-state index contributed by atoms with van der Waals surface area (Å²) >= 11 is 0. The lowest BCUT2D eigenvalue weighted by molar-refractivity contribution is 0.0946. The zero-order chi connectivity index (χ0) is 32.7. The van der Waals surface area contributed by atoms with Crippen molar-refractivity contribution in [3.8, 4) is 11.5 Å². The van der Waals surface area contributed by atoms with Gasteiger partial charge in [-0.1, -0.05) is 12.1 Å². The van der Waals surface area contributed by atoms with Crippen molar-refractivity contribution < 1.29 is 48.5 Å². The van der Waals surface area contributed by atoms with E-state index in [2.05, 4.69) is 25.8 Å². The lowest BCUT2D eigenvalue weighted by atomic mass is 10.0. The molecule has 1 saturated heterocycles. The first-order chi connectivity index (χ1) is 20.5. The second kappa shape index (κ2) is 15.4. The van der Waals surface area contributed by atoms with Gasteiger partial charge in [0.1, 0.15) is 24.1 Å². The van der Waals surface area contributed by atoms with E-state index >= 15 is 0 Å². The molecule has 44 heavy (non-hydrogen) atoms. The molecule has 2 amide bonds. The van der Waals surface area contributed by atoms with E-state index in [4.69, 9.17) is 19.6 Å². The third-order valence-electron chi connectivity index (χ3n) is 7.00. The Bertz CT molecular complexity index is 1340. The third-order valence-corrected chi connectivity index (χ3v) is 8.14. The van der Waals surface area contributed by atoms with Crippen LogP contribution in [0.1, 0.15) is 49.4 Å². The number of phenolic OH excluding ortho intramolecular Hbond substituents is 2. The highest BCUT2D eigenvalue weighted by Crippen LogP contribution is 2.34. The second-order valence-corrected chi connectivity index (χ2v) is 14.2. The minimum absolute atomic E-state index is 0.0756. The van der Waals surface area contributed by atoms with Gasteiger partial charge >= 0.3 is 15.2 Å². The maximum absolute atomic E-state index is 12.6. The van der Waals surface area contributed by atoms with Crippen LogP contribution >= 0.6 is 15.2 Å². The average Bonchev–Trinajstić information content (AvgIpc) is 2.93. The van der Waals surface area contributed by atoms with Gasteiger partial charge in [0, 0.05) is 50.4 Å². The number of rotatable bonds is 10. The van der Waals surface area contributed by atoms with Gasteiger partial charge in [0.25, 0.3) is 11.8 Å². The molecular weight excluding hydrogens is 616 g/mol. The molecule has 0 spiro atoms. The van der Waals surface area contributed by atoms with Gasteiger partial charge in [-0.05, 0) is 56.6 Å². The van der Waals surface area contributed by atoms with Crippen molar-refractivity contribution in [2.24, 2.45) is 0 Å². The van der Waals surface area contributed by atoms with Crippen molar-refractivity contribution in [1.29, 1.82) is 0 Å². The highest BCUT2D eigenvalue weighted by Gasteiger charge is 2.23. The van der Waals surface area contributed by atoms with E-state index < -0.39 is 39.6 Å². The topological polar surface area (TPSA) is 232 Å². The van der Waals surface area contributed by atoms with Crippen molar-refractivity contribution in [2.75, 3.05) is 51.8 Å². The minimum Gasteiger partial charge on any atom is -0.507 e. The molecule has 0 aromatic heterocycles. The van der Waals surface area contributed by atoms with E-state index in [-0.39, 0.29) is 22.6 Å². The van der Waals surface area contributed by atoms with Crippen LogP contribution in [0.5, 0.6) is 11.5 Å². The molecule has 2 aromatic rings. The SMILES string of the molecule is Cc1cc(CN2CCCNCCN(Cc3cc(C)cc(C(=O)NCP(=O)(O)O)c3O)CC2)c(O)c(C(=O)NCP(=O)(O)O)c1. The quantitative estimate of drug-likeness (QED) is 0.161. The summed E-state index contributed by atoms with van der Waals surface area (Å²) in [7, 11) is -8.95. The second-order valence-electron chi connectivity index (χ2n) is 11.0. The molecule has 15 nitrogen and oxygen atoms in total. The normalized spacial score (nSPS) is 16.0. The summed E-state index contributed by atoms with van der Waals surface area (Å²) in [4.78, 5) is 65.7. The Morgan fingerprint density at radius 3 is 1.59 bits per heavy atom. The smallest absolute Gasteiger partial charge is 0.344 e. The number of benzene rings is 2. The van der Waals surface area contributed by atoms with Crippen LogP contribution in [0.2, 0.25) is 0 Å². The van der Waals surface area contributed by atoms with Crippen LogP contribution in [0.4, 0.5) is 0 Å². The zero-order valence-electron chi connectivity index (χ0n) is 24.7. The number of hydrogen-bond acceptors (Lipinski definition) is 9. The first-order valence-corrected chi connectivity index (χ1v) is 17.6. The van der Waals surface area contributed by atoms with Crippen LogP contribution in [0.3, 0.4) is 0 Å². The fourth-order valence-electron chi connectivity index (χ4n) is 4.93. The van der Waals surface area contributed by atoms with Crippen molar-refractivity contribution in [1.82, 2.24) is 25.8 Å². The number of nitrogens with one attached hydrogen (secondary N) is 3. The summed E-state index contributed by atoms with van der Waals surface area (Å²) in [6.45, 7) is 7.95. The summed E-state index contributed by atoms with van der Waals surface area (Å²) in [5.41, 5.74) is 2.20. The van der Waals surface area contributed by atoms with E-state index in [1.807, 2.05) is 0 Å². The Morgan fingerprint density at radius 1 is 0.727 bits per heavy atom. The van der Waals surface area contributed by atoms with Gasteiger partial charge in [-0.3, -0.25) is 28.5 Å². The first-order valence-electron chi connectivity index (χ1n) is 14.0. The van der Waals surface area contributed by atoms with Gasteiger partial charge in [0.15, 0.2) is 0 Å². The molecule has 0 radical (unpaired) electrons. The van der Waals surface area contributed by atoms with Crippen LogP contribution in [0.15, 0.2) is 24.3 Å². The van der Waals surface area contributed by atoms with Gasteiger partial charge < -0.3 is 45.7 Å². The molecule has 9 N–H and O–H groups in total. The molecule has 0 bridgehead atoms. The summed E-state index contributed by atoms with van der Waals surface area (Å²) in [6, 6.07) is 6.42. The summed E-state index contributed by atoms with van der Waals surface area (Å²) < 4.78 is 22.4. The Balaban J connectivity index is 1.76. The van der Waals surface area contributed by atoms with Crippen molar-refractivity contribution in [2.45, 2.75) is 33.4 Å². The minimum atomic E-state index is -4.48. The standard InChI is InChI=1S/C27H41N5O10P2/c1-18-10-20(24(33)22(12-18)26(35)29-16-43(37,38)39)14-31-6-3-4-28-5-7-32(9-8-31)15-21-11-19(2)13-23(25(21)34)27(36)30-17-44(40,41)42/h10-13,28,33-34H,3-9,14-17H2,1-2H3,(H,29,35)(H,30,36)(H2,37,38,39)(H2,40,41,42). The van der Waals surface area contributed by atoms with Crippen molar-refractivity contribution in [3.05, 3.63) is 57.6 Å². The molecule has 17 heteroatoms. The molecule has 0 atom stereocenters. The van der Waals surface area contributed by atoms with Gasteiger partial charge in [-0.2, -0.15) is 0 Å². The number of aromatic hydroxyl groups is 2. The van der Waals surface area contributed by atoms with Gasteiger partial charge in [0.05, 0.1) is 11.1 Å². The van der Waals surface area contributed by atoms with E-state index in [1.165, 1.54) is 12.1 Å². The van der Waals surface area contributed by atoms with Crippen molar-refractivity contribution >= 4 is 27.0 Å². The Morgan fingerprint density at radius 2 is 1.16 bits per heavy atom. The zero-order valence-corrected chi connectivity index (χ0v) is 26.5. The van der Waals surface area contributed by atoms with Crippen LogP contribution in [-0.4, -0.2) is 103 Å². The molecule has 2 aromatic carbocycles. The summed E-state index contributed by atoms with van der Waals surface area (Å²) in [6.07, 6.45) is -0.869. The molecule has 0 aliphatic carbocycles. The fourth-order valence-corrected chi connectivity index (χ4v) is 5.63. The molecular formula is C27H41N5O10P2. The number of phenols is 2. The monoisotopic (exact) mass is 657 g/mol. The van der Waals surface area contributed by atoms with Crippen LogP contribution in [-0.2, 0) is 22.2 Å². The fraction of sp³-hybridized carbons (Fsp3) is 0.481. The molecule has 1 heterocycles. The maximum Gasteiger partial charge on any atom is 0.344 e.